The monoisotopic (exact) mass is 243 g/mol. The number of rotatable bonds is 2. The number of aromatic amines is 1. The lowest BCUT2D eigenvalue weighted by Crippen LogP contribution is -2.24. The van der Waals surface area contributed by atoms with Crippen LogP contribution in [-0.2, 0) is 0 Å². The normalized spacial score (nSPS) is 19.4. The van der Waals surface area contributed by atoms with E-state index in [1.54, 1.807) is 0 Å². The van der Waals surface area contributed by atoms with Crippen LogP contribution in [0.3, 0.4) is 0 Å². The van der Waals surface area contributed by atoms with E-state index in [9.17, 15) is 0 Å². The lowest BCUT2D eigenvalue weighted by molar-refractivity contribution is 0.667. The number of hydrogen-bond acceptors (Lipinski definition) is 4. The Balaban J connectivity index is 1.92. The van der Waals surface area contributed by atoms with Gasteiger partial charge in [-0.3, -0.25) is 0 Å². The number of anilines is 1. The summed E-state index contributed by atoms with van der Waals surface area (Å²) >= 11 is 0. The number of H-pyrrole nitrogens is 1. The zero-order valence-electron chi connectivity index (χ0n) is 10.7. The van der Waals surface area contributed by atoms with Crippen molar-refractivity contribution in [1.82, 2.24) is 19.9 Å². The molecule has 18 heavy (non-hydrogen) atoms. The molecular formula is C13H17N5. The molecule has 0 radical (unpaired) electrons. The summed E-state index contributed by atoms with van der Waals surface area (Å²) < 4.78 is 0. The summed E-state index contributed by atoms with van der Waals surface area (Å²) in [6, 6.07) is 2.29. The number of nitrogens with zero attached hydrogens (tertiary/aromatic N) is 4. The fourth-order valence-corrected chi connectivity index (χ4v) is 2.53. The van der Waals surface area contributed by atoms with E-state index in [0.29, 0.717) is 6.04 Å². The number of imidazole rings is 1. The molecule has 2 aromatic heterocycles. The van der Waals surface area contributed by atoms with Gasteiger partial charge in [0, 0.05) is 24.6 Å². The largest absolute Gasteiger partial charge is 0.346 e. The summed E-state index contributed by atoms with van der Waals surface area (Å²) in [5.74, 6) is 2.86. The van der Waals surface area contributed by atoms with Crippen molar-refractivity contribution in [2.45, 2.75) is 32.7 Å². The molecule has 1 atom stereocenters. The predicted molar refractivity (Wildman–Crippen MR) is 69.4 cm³/mol. The van der Waals surface area contributed by atoms with E-state index in [4.69, 9.17) is 0 Å². The van der Waals surface area contributed by atoms with Gasteiger partial charge < -0.3 is 9.88 Å². The zero-order chi connectivity index (χ0) is 12.5. The maximum absolute atomic E-state index is 4.51. The Morgan fingerprint density at radius 2 is 2.22 bits per heavy atom. The van der Waals surface area contributed by atoms with Crippen LogP contribution < -0.4 is 4.90 Å². The standard InChI is InChI=1S/C13H17N5/c1-9-8-15-13(16-9)11-4-3-7-18(11)12-5-6-14-10(2)17-12/h5-6,8,11H,3-4,7H2,1-2H3,(H,15,16)/t11-/m1/s1. The SMILES string of the molecule is Cc1nccc(N2CCC[C@@H]2c2ncc(C)[nH]2)n1. The highest BCUT2D eigenvalue weighted by molar-refractivity contribution is 5.41. The molecule has 1 fully saturated rings. The summed E-state index contributed by atoms with van der Waals surface area (Å²) in [5, 5.41) is 0. The van der Waals surface area contributed by atoms with Crippen LogP contribution in [0.1, 0.15) is 36.2 Å². The Labute approximate surface area is 106 Å². The van der Waals surface area contributed by atoms with Crippen LogP contribution in [0.25, 0.3) is 0 Å². The van der Waals surface area contributed by atoms with Crippen molar-refractivity contribution in [3.63, 3.8) is 0 Å². The van der Waals surface area contributed by atoms with Crippen LogP contribution >= 0.6 is 0 Å². The highest BCUT2D eigenvalue weighted by atomic mass is 15.3. The summed E-state index contributed by atoms with van der Waals surface area (Å²) in [5.41, 5.74) is 1.11. The number of hydrogen-bond donors (Lipinski definition) is 1. The van der Waals surface area contributed by atoms with Gasteiger partial charge >= 0.3 is 0 Å². The molecular weight excluding hydrogens is 226 g/mol. The van der Waals surface area contributed by atoms with Gasteiger partial charge in [-0.15, -0.1) is 0 Å². The maximum Gasteiger partial charge on any atom is 0.132 e. The molecule has 0 aromatic carbocycles. The van der Waals surface area contributed by atoms with Crippen molar-refractivity contribution >= 4 is 5.82 Å². The molecule has 0 unspecified atom stereocenters. The molecule has 1 N–H and O–H groups in total. The van der Waals surface area contributed by atoms with Crippen molar-refractivity contribution < 1.29 is 0 Å². The number of aryl methyl sites for hydroxylation is 2. The lowest BCUT2D eigenvalue weighted by Gasteiger charge is -2.24. The van der Waals surface area contributed by atoms with Gasteiger partial charge in [0.2, 0.25) is 0 Å². The molecule has 1 aliphatic heterocycles. The van der Waals surface area contributed by atoms with E-state index >= 15 is 0 Å². The van der Waals surface area contributed by atoms with Gasteiger partial charge in [-0.2, -0.15) is 0 Å². The van der Waals surface area contributed by atoms with Gasteiger partial charge in [-0.1, -0.05) is 0 Å². The van der Waals surface area contributed by atoms with Crippen LogP contribution in [-0.4, -0.2) is 26.5 Å². The fraction of sp³-hybridized carbons (Fsp3) is 0.462. The molecule has 3 rings (SSSR count). The van der Waals surface area contributed by atoms with Crippen molar-refractivity contribution in [3.05, 3.63) is 35.8 Å². The van der Waals surface area contributed by atoms with Crippen molar-refractivity contribution in [2.24, 2.45) is 0 Å². The van der Waals surface area contributed by atoms with Crippen LogP contribution in [0, 0.1) is 13.8 Å². The second-order valence-corrected chi connectivity index (χ2v) is 4.76. The van der Waals surface area contributed by atoms with E-state index in [1.807, 2.05) is 32.3 Å². The molecule has 1 saturated heterocycles. The van der Waals surface area contributed by atoms with Gasteiger partial charge in [0.05, 0.1) is 6.04 Å². The summed E-state index contributed by atoms with van der Waals surface area (Å²) in [7, 11) is 0. The van der Waals surface area contributed by atoms with Gasteiger partial charge in [-0.25, -0.2) is 15.0 Å². The molecule has 0 saturated carbocycles. The molecule has 3 heterocycles. The Hall–Kier alpha value is -1.91. The first-order valence-electron chi connectivity index (χ1n) is 6.32. The lowest BCUT2D eigenvalue weighted by atomic mass is 10.2. The van der Waals surface area contributed by atoms with Crippen molar-refractivity contribution in [2.75, 3.05) is 11.4 Å². The minimum Gasteiger partial charge on any atom is -0.346 e. The Kier molecular flexibility index (Phi) is 2.74. The number of aromatic nitrogens is 4. The highest BCUT2D eigenvalue weighted by Gasteiger charge is 2.29. The molecule has 5 nitrogen and oxygen atoms in total. The van der Waals surface area contributed by atoms with Crippen LogP contribution in [0.15, 0.2) is 18.5 Å². The quantitative estimate of drug-likeness (QED) is 0.878. The average Bonchev–Trinajstić information content (AvgIpc) is 2.96. The first kappa shape index (κ1) is 11.2. The second kappa shape index (κ2) is 4.40. The topological polar surface area (TPSA) is 57.7 Å². The van der Waals surface area contributed by atoms with Crippen LogP contribution in [0.4, 0.5) is 5.82 Å². The molecule has 94 valence electrons. The van der Waals surface area contributed by atoms with Gasteiger partial charge in [0.15, 0.2) is 0 Å². The minimum absolute atomic E-state index is 0.313. The van der Waals surface area contributed by atoms with Crippen molar-refractivity contribution in [3.8, 4) is 0 Å². The summed E-state index contributed by atoms with van der Waals surface area (Å²) in [4.78, 5) is 18.8. The molecule has 0 aliphatic carbocycles. The Morgan fingerprint density at radius 3 is 2.94 bits per heavy atom. The van der Waals surface area contributed by atoms with Gasteiger partial charge in [-0.05, 0) is 32.8 Å². The minimum atomic E-state index is 0.313. The third kappa shape index (κ3) is 1.96. The molecule has 5 heteroatoms. The van der Waals surface area contributed by atoms with E-state index in [-0.39, 0.29) is 0 Å². The van der Waals surface area contributed by atoms with Gasteiger partial charge in [0.25, 0.3) is 0 Å². The average molecular weight is 243 g/mol. The van der Waals surface area contributed by atoms with E-state index in [0.717, 1.165) is 36.1 Å². The summed E-state index contributed by atoms with van der Waals surface area (Å²) in [6.45, 7) is 4.98. The fourth-order valence-electron chi connectivity index (χ4n) is 2.53. The molecule has 0 spiro atoms. The maximum atomic E-state index is 4.51. The summed E-state index contributed by atoms with van der Waals surface area (Å²) in [6.07, 6.45) is 6.00. The molecule has 0 amide bonds. The second-order valence-electron chi connectivity index (χ2n) is 4.76. The van der Waals surface area contributed by atoms with E-state index in [1.165, 1.54) is 6.42 Å². The Morgan fingerprint density at radius 1 is 1.33 bits per heavy atom. The zero-order valence-corrected chi connectivity index (χ0v) is 10.7. The van der Waals surface area contributed by atoms with Gasteiger partial charge in [0.1, 0.15) is 17.5 Å². The smallest absolute Gasteiger partial charge is 0.132 e. The third-order valence-corrected chi connectivity index (χ3v) is 3.35. The molecule has 0 bridgehead atoms. The van der Waals surface area contributed by atoms with E-state index < -0.39 is 0 Å². The third-order valence-electron chi connectivity index (χ3n) is 3.35. The predicted octanol–water partition coefficient (Wildman–Crippen LogP) is 2.16. The first-order chi connectivity index (χ1) is 8.74. The Bertz CT molecular complexity index is 548. The van der Waals surface area contributed by atoms with Crippen LogP contribution in [0.5, 0.6) is 0 Å². The number of nitrogens with one attached hydrogen (secondary N) is 1. The van der Waals surface area contributed by atoms with Crippen LogP contribution in [0.2, 0.25) is 0 Å². The highest BCUT2D eigenvalue weighted by Crippen LogP contribution is 2.33. The molecule has 1 aliphatic rings. The van der Waals surface area contributed by atoms with E-state index in [2.05, 4.69) is 24.8 Å². The molecule has 2 aromatic rings. The first-order valence-corrected chi connectivity index (χ1v) is 6.32. The van der Waals surface area contributed by atoms with Crippen molar-refractivity contribution in [1.29, 1.82) is 0 Å².